The molecule has 0 radical (unpaired) electrons. The third kappa shape index (κ3) is 16.8. The average Bonchev–Trinajstić information content (AvgIpc) is 3.93. The molecule has 0 aliphatic rings. The number of hydrogen-bond acceptors (Lipinski definition) is 3. The third-order valence-corrected chi connectivity index (χ3v) is 16.1. The highest BCUT2D eigenvalue weighted by molar-refractivity contribution is 7.27. The summed E-state index contributed by atoms with van der Waals surface area (Å²) < 4.78 is 2.95. The van der Waals surface area contributed by atoms with Crippen molar-refractivity contribution < 1.29 is 0 Å². The van der Waals surface area contributed by atoms with Gasteiger partial charge in [-0.1, -0.05) is 242 Å². The molecule has 0 unspecified atom stereocenters. The predicted molar refractivity (Wildman–Crippen MR) is 319 cm³/mol. The highest BCUT2D eigenvalue weighted by atomic mass is 32.1. The van der Waals surface area contributed by atoms with Crippen LogP contribution in [0.4, 0.5) is 0 Å². The van der Waals surface area contributed by atoms with Crippen LogP contribution in [-0.4, -0.2) is 4.98 Å². The van der Waals surface area contributed by atoms with E-state index in [9.17, 15) is 0 Å². The number of rotatable bonds is 10. The van der Waals surface area contributed by atoms with Gasteiger partial charge in [0.2, 0.25) is 0 Å². The minimum Gasteiger partial charge on any atom is -0.261 e. The lowest BCUT2D eigenvalue weighted by Gasteiger charge is -2.15. The molecule has 8 aromatic rings. The van der Waals surface area contributed by atoms with Gasteiger partial charge in [0.05, 0.1) is 0 Å². The van der Waals surface area contributed by atoms with Gasteiger partial charge in [0.1, 0.15) is 0 Å². The molecule has 3 heteroatoms. The summed E-state index contributed by atoms with van der Waals surface area (Å²) in [6.07, 6.45) is 1.99. The van der Waals surface area contributed by atoms with Crippen molar-refractivity contribution >= 4 is 53.6 Å². The molecule has 0 saturated carbocycles. The van der Waals surface area contributed by atoms with Crippen LogP contribution in [0.3, 0.4) is 0 Å². The summed E-state index contributed by atoms with van der Waals surface area (Å²) in [5.41, 5.74) is 11.1. The number of fused-ring (bicyclic) bond motifs is 3. The van der Waals surface area contributed by atoms with Gasteiger partial charge in [0, 0.05) is 31.0 Å². The molecule has 5 aromatic carbocycles. The molecule has 0 N–H and O–H groups in total. The van der Waals surface area contributed by atoms with E-state index in [4.69, 9.17) is 0 Å². The minimum atomic E-state index is 0.534. The van der Waals surface area contributed by atoms with Gasteiger partial charge in [-0.25, -0.2) is 0 Å². The Kier molecular flexibility index (Phi) is 22.6. The number of nitrogens with zero attached hydrogens (tertiary/aromatic N) is 1. The zero-order valence-corrected chi connectivity index (χ0v) is 48.8. The standard InChI is InChI=1S/2C16H20.C12H16S2.C12H18.C11H17N/c1-11(2)13-5-7-16-10-14(12(3)4)6-8-15(16)9-13;1-11(2)13-9-10-14(12(3)4)16-8-6-5-7-15(13)16;1-7(2)9-5-11-12(13-9)6-10(14-11)8(3)4;1-9(2)11-5-7-12(8-6-11)10(3)4;1-8(2)10-5-6-11(9(3)4)12-7-10/h2*5-12H,1-4H3;5-8H,1-4H3;5-10H,1-4H3;5-9H,1-4H3. The maximum Gasteiger partial charge on any atom is 0.0456 e. The summed E-state index contributed by atoms with van der Waals surface area (Å²) in [6.45, 7) is 44.7. The molecule has 3 heterocycles. The first-order chi connectivity index (χ1) is 33.0. The zero-order valence-electron chi connectivity index (χ0n) is 47.2. The first-order valence-electron chi connectivity index (χ1n) is 26.6. The smallest absolute Gasteiger partial charge is 0.0456 e. The van der Waals surface area contributed by atoms with Crippen LogP contribution in [0.5, 0.6) is 0 Å². The fourth-order valence-electron chi connectivity index (χ4n) is 8.16. The van der Waals surface area contributed by atoms with Crippen molar-refractivity contribution in [3.05, 3.63) is 182 Å². The number of hydrogen-bond donors (Lipinski definition) is 0. The molecule has 0 aliphatic carbocycles. The summed E-state index contributed by atoms with van der Waals surface area (Å²) >= 11 is 3.91. The number of aromatic nitrogens is 1. The average molecular weight is 975 g/mol. The van der Waals surface area contributed by atoms with Crippen LogP contribution in [0, 0.1) is 0 Å². The SMILES string of the molecule is CC(C)c1cc2sc(C(C)C)cc2s1.CC(C)c1ccc(C(C)C)c2ccccc12.CC(C)c1ccc(C(C)C)cc1.CC(C)c1ccc(C(C)C)nc1.CC(C)c1ccc2cc(C(C)C)ccc2c1. The van der Waals surface area contributed by atoms with Crippen molar-refractivity contribution in [3.63, 3.8) is 0 Å². The molecule has 0 saturated heterocycles. The summed E-state index contributed by atoms with van der Waals surface area (Å²) in [7, 11) is 0. The van der Waals surface area contributed by atoms with Crippen molar-refractivity contribution in [1.29, 1.82) is 0 Å². The van der Waals surface area contributed by atoms with E-state index in [1.807, 2.05) is 28.9 Å². The van der Waals surface area contributed by atoms with Gasteiger partial charge in [-0.3, -0.25) is 4.98 Å². The number of thiophene rings is 2. The largest absolute Gasteiger partial charge is 0.261 e. The molecule has 70 heavy (non-hydrogen) atoms. The lowest BCUT2D eigenvalue weighted by molar-refractivity contribution is 0.802. The van der Waals surface area contributed by atoms with E-state index in [1.165, 1.54) is 85.3 Å². The Hall–Kier alpha value is -4.57. The molecule has 0 amide bonds. The van der Waals surface area contributed by atoms with Crippen LogP contribution in [0.2, 0.25) is 0 Å². The first kappa shape index (κ1) is 58.0. The third-order valence-electron chi connectivity index (χ3n) is 13.2. The Morgan fingerprint density at radius 2 is 0.643 bits per heavy atom. The van der Waals surface area contributed by atoms with Crippen molar-refractivity contribution in [2.75, 3.05) is 0 Å². The van der Waals surface area contributed by atoms with Gasteiger partial charge in [-0.2, -0.15) is 0 Å². The van der Waals surface area contributed by atoms with Crippen LogP contribution < -0.4 is 0 Å². The summed E-state index contributed by atoms with van der Waals surface area (Å²) in [6, 6.07) is 44.9. The van der Waals surface area contributed by atoms with E-state index in [0.29, 0.717) is 59.2 Å². The van der Waals surface area contributed by atoms with Crippen LogP contribution >= 0.6 is 22.7 Å². The quantitative estimate of drug-likeness (QED) is 0.133. The topological polar surface area (TPSA) is 12.9 Å². The summed E-state index contributed by atoms with van der Waals surface area (Å²) in [5, 5.41) is 5.55. The van der Waals surface area contributed by atoms with Gasteiger partial charge in [-0.15, -0.1) is 22.7 Å². The zero-order chi connectivity index (χ0) is 52.0. The Balaban J connectivity index is 0.000000191. The van der Waals surface area contributed by atoms with Crippen molar-refractivity contribution in [1.82, 2.24) is 4.98 Å². The minimum absolute atomic E-state index is 0.534. The predicted octanol–water partition coefficient (Wildman–Crippen LogP) is 22.6. The number of benzene rings is 5. The second-order valence-electron chi connectivity index (χ2n) is 22.4. The van der Waals surface area contributed by atoms with E-state index in [-0.39, 0.29) is 0 Å². The van der Waals surface area contributed by atoms with Crippen LogP contribution in [-0.2, 0) is 0 Å². The Morgan fingerprint density at radius 1 is 0.300 bits per heavy atom. The van der Waals surface area contributed by atoms with Gasteiger partial charge >= 0.3 is 0 Å². The summed E-state index contributed by atoms with van der Waals surface area (Å²) in [5.74, 6) is 6.13. The molecule has 0 aliphatic heterocycles. The highest BCUT2D eigenvalue weighted by Crippen LogP contribution is 2.39. The number of pyridine rings is 1. The monoisotopic (exact) mass is 974 g/mol. The summed E-state index contributed by atoms with van der Waals surface area (Å²) in [4.78, 5) is 7.43. The molecule has 0 atom stereocenters. The maximum atomic E-state index is 4.40. The Bertz CT molecular complexity index is 2500. The first-order valence-corrected chi connectivity index (χ1v) is 28.3. The van der Waals surface area contributed by atoms with Gasteiger partial charge in [0.15, 0.2) is 0 Å². The van der Waals surface area contributed by atoms with Gasteiger partial charge in [0.25, 0.3) is 0 Å². The Labute approximate surface area is 435 Å². The molecule has 3 aromatic heterocycles. The normalized spacial score (nSPS) is 11.6. The fourth-order valence-corrected chi connectivity index (χ4v) is 10.6. The van der Waals surface area contributed by atoms with Crippen LogP contribution in [0.15, 0.2) is 128 Å². The maximum absolute atomic E-state index is 4.40. The van der Waals surface area contributed by atoms with E-state index in [1.54, 1.807) is 0 Å². The second-order valence-corrected chi connectivity index (χ2v) is 24.6. The van der Waals surface area contributed by atoms with Crippen LogP contribution in [0.25, 0.3) is 30.9 Å². The van der Waals surface area contributed by atoms with E-state index in [0.717, 1.165) is 0 Å². The lowest BCUT2D eigenvalue weighted by atomic mass is 9.89. The second kappa shape index (κ2) is 27.3. The van der Waals surface area contributed by atoms with Crippen LogP contribution in [0.1, 0.15) is 252 Å². The van der Waals surface area contributed by atoms with Crippen molar-refractivity contribution in [3.8, 4) is 0 Å². The molecular formula is C67H91NS2. The van der Waals surface area contributed by atoms with Gasteiger partial charge in [-0.05, 0) is 138 Å². The molecule has 8 rings (SSSR count). The molecular weight excluding hydrogens is 883 g/mol. The van der Waals surface area contributed by atoms with Crippen molar-refractivity contribution in [2.24, 2.45) is 0 Å². The van der Waals surface area contributed by atoms with E-state index >= 15 is 0 Å². The lowest BCUT2D eigenvalue weighted by Crippen LogP contribution is -1.95. The van der Waals surface area contributed by atoms with E-state index < -0.39 is 0 Å². The van der Waals surface area contributed by atoms with Crippen molar-refractivity contribution in [2.45, 2.75) is 198 Å². The van der Waals surface area contributed by atoms with Gasteiger partial charge < -0.3 is 0 Å². The fraction of sp³-hybridized carbons (Fsp3) is 0.448. The molecule has 1 nitrogen and oxygen atoms in total. The molecule has 0 bridgehead atoms. The van der Waals surface area contributed by atoms with E-state index in [2.05, 4.69) is 265 Å². The molecule has 0 spiro atoms. The molecule has 0 fully saturated rings. The molecule has 376 valence electrons. The highest BCUT2D eigenvalue weighted by Gasteiger charge is 2.12. The Morgan fingerprint density at radius 3 is 0.929 bits per heavy atom.